The van der Waals surface area contributed by atoms with E-state index in [0.29, 0.717) is 32.1 Å². The Morgan fingerprint density at radius 2 is 2.53 bits per heavy atom. The van der Waals surface area contributed by atoms with Gasteiger partial charge in [-0.3, -0.25) is 9.48 Å². The second-order valence-corrected chi connectivity index (χ2v) is 3.88. The molecule has 0 aromatic carbocycles. The predicted molar refractivity (Wildman–Crippen MR) is 60.5 cm³/mol. The Morgan fingerprint density at radius 1 is 1.71 bits per heavy atom. The number of rotatable bonds is 3. The van der Waals surface area contributed by atoms with Crippen molar-refractivity contribution in [3.05, 3.63) is 11.9 Å². The SMILES string of the molecule is Cn1cc(N)c(C(=O)NCC2COCCO2)n1. The molecule has 2 rings (SSSR count). The molecule has 7 heteroatoms. The molecule has 1 amide bonds. The van der Waals surface area contributed by atoms with Crippen molar-refractivity contribution in [2.24, 2.45) is 7.05 Å². The maximum atomic E-state index is 11.8. The minimum absolute atomic E-state index is 0.0994. The van der Waals surface area contributed by atoms with Crippen LogP contribution in [0.2, 0.25) is 0 Å². The molecule has 1 fully saturated rings. The normalized spacial score (nSPS) is 20.2. The summed E-state index contributed by atoms with van der Waals surface area (Å²) in [6.07, 6.45) is 1.49. The fourth-order valence-electron chi connectivity index (χ4n) is 1.63. The molecule has 1 aliphatic heterocycles. The Balaban J connectivity index is 1.86. The topological polar surface area (TPSA) is 91.4 Å². The first-order valence-electron chi connectivity index (χ1n) is 5.43. The molecule has 1 aliphatic rings. The Hall–Kier alpha value is -1.60. The number of amides is 1. The van der Waals surface area contributed by atoms with Crippen molar-refractivity contribution in [1.82, 2.24) is 15.1 Å². The number of nitrogens with one attached hydrogen (secondary N) is 1. The fourth-order valence-corrected chi connectivity index (χ4v) is 1.63. The number of hydrogen-bond donors (Lipinski definition) is 2. The molecule has 1 saturated heterocycles. The van der Waals surface area contributed by atoms with Crippen molar-refractivity contribution in [3.8, 4) is 0 Å². The van der Waals surface area contributed by atoms with E-state index in [9.17, 15) is 4.79 Å². The summed E-state index contributed by atoms with van der Waals surface area (Å²) in [6.45, 7) is 2.07. The highest BCUT2D eigenvalue weighted by molar-refractivity contribution is 5.96. The molecule has 17 heavy (non-hydrogen) atoms. The molecule has 0 spiro atoms. The highest BCUT2D eigenvalue weighted by atomic mass is 16.6. The summed E-state index contributed by atoms with van der Waals surface area (Å²) >= 11 is 0. The van der Waals surface area contributed by atoms with Crippen molar-refractivity contribution >= 4 is 11.6 Å². The lowest BCUT2D eigenvalue weighted by atomic mass is 10.3. The number of nitrogens with zero attached hydrogens (tertiary/aromatic N) is 2. The van der Waals surface area contributed by atoms with Crippen LogP contribution < -0.4 is 11.1 Å². The Morgan fingerprint density at radius 3 is 3.12 bits per heavy atom. The molecule has 0 radical (unpaired) electrons. The van der Waals surface area contributed by atoms with Gasteiger partial charge in [0.1, 0.15) is 0 Å². The summed E-state index contributed by atoms with van der Waals surface area (Å²) in [5.74, 6) is -0.294. The number of carbonyl (C=O) groups excluding carboxylic acids is 1. The van der Waals surface area contributed by atoms with Crippen molar-refractivity contribution < 1.29 is 14.3 Å². The predicted octanol–water partition coefficient (Wildman–Crippen LogP) is -0.852. The van der Waals surface area contributed by atoms with Crippen LogP contribution in [0.25, 0.3) is 0 Å². The van der Waals surface area contributed by atoms with Crippen molar-refractivity contribution in [1.29, 1.82) is 0 Å². The third kappa shape index (κ3) is 2.95. The van der Waals surface area contributed by atoms with Crippen molar-refractivity contribution in [2.75, 3.05) is 32.1 Å². The first kappa shape index (κ1) is 11.9. The minimum Gasteiger partial charge on any atom is -0.396 e. The molecular weight excluding hydrogens is 224 g/mol. The zero-order valence-electron chi connectivity index (χ0n) is 9.68. The van der Waals surface area contributed by atoms with Gasteiger partial charge in [-0.05, 0) is 0 Å². The molecule has 3 N–H and O–H groups in total. The molecule has 1 unspecified atom stereocenters. The van der Waals surface area contributed by atoms with E-state index in [4.69, 9.17) is 15.2 Å². The number of aryl methyl sites for hydroxylation is 1. The van der Waals surface area contributed by atoms with Gasteiger partial charge in [0.25, 0.3) is 5.91 Å². The standard InChI is InChI=1S/C10H16N4O3/c1-14-5-8(11)9(13-14)10(15)12-4-7-6-16-2-3-17-7/h5,7H,2-4,6,11H2,1H3,(H,12,15). The number of aromatic nitrogens is 2. The first-order chi connectivity index (χ1) is 8.16. The molecule has 1 aromatic rings. The van der Waals surface area contributed by atoms with Crippen molar-refractivity contribution in [2.45, 2.75) is 6.10 Å². The van der Waals surface area contributed by atoms with Crippen LogP contribution in [0.1, 0.15) is 10.5 Å². The lowest BCUT2D eigenvalue weighted by molar-refractivity contribution is -0.0855. The zero-order chi connectivity index (χ0) is 12.3. The summed E-state index contributed by atoms with van der Waals surface area (Å²) in [6, 6.07) is 0. The zero-order valence-corrected chi connectivity index (χ0v) is 9.68. The monoisotopic (exact) mass is 240 g/mol. The van der Waals surface area contributed by atoms with Gasteiger partial charge in [-0.15, -0.1) is 0 Å². The van der Waals surface area contributed by atoms with Crippen LogP contribution in [-0.4, -0.2) is 48.2 Å². The quantitative estimate of drug-likeness (QED) is 0.718. The van der Waals surface area contributed by atoms with E-state index in [2.05, 4.69) is 10.4 Å². The van der Waals surface area contributed by atoms with Crippen LogP contribution in [0, 0.1) is 0 Å². The van der Waals surface area contributed by atoms with Gasteiger partial charge < -0.3 is 20.5 Å². The van der Waals surface area contributed by atoms with E-state index in [-0.39, 0.29) is 17.7 Å². The molecular formula is C10H16N4O3. The molecule has 1 aromatic heterocycles. The highest BCUT2D eigenvalue weighted by Crippen LogP contribution is 2.07. The molecule has 0 bridgehead atoms. The Kier molecular flexibility index (Phi) is 3.60. The van der Waals surface area contributed by atoms with Gasteiger partial charge in [-0.2, -0.15) is 5.10 Å². The lowest BCUT2D eigenvalue weighted by Gasteiger charge is -2.22. The average molecular weight is 240 g/mol. The highest BCUT2D eigenvalue weighted by Gasteiger charge is 2.18. The smallest absolute Gasteiger partial charge is 0.274 e. The van der Waals surface area contributed by atoms with E-state index in [1.165, 1.54) is 4.68 Å². The molecule has 7 nitrogen and oxygen atoms in total. The van der Waals surface area contributed by atoms with Crippen molar-refractivity contribution in [3.63, 3.8) is 0 Å². The molecule has 2 heterocycles. The number of carbonyl (C=O) groups is 1. The van der Waals surface area contributed by atoms with Gasteiger partial charge in [0, 0.05) is 19.8 Å². The van der Waals surface area contributed by atoms with Crippen LogP contribution in [0.15, 0.2) is 6.20 Å². The first-order valence-corrected chi connectivity index (χ1v) is 5.43. The van der Waals surface area contributed by atoms with Crippen LogP contribution in [-0.2, 0) is 16.5 Å². The van der Waals surface area contributed by atoms with E-state index in [0.717, 1.165) is 0 Å². The van der Waals surface area contributed by atoms with Gasteiger partial charge in [0.2, 0.25) is 0 Å². The van der Waals surface area contributed by atoms with E-state index >= 15 is 0 Å². The molecule has 0 saturated carbocycles. The van der Waals surface area contributed by atoms with Crippen LogP contribution in [0.3, 0.4) is 0 Å². The van der Waals surface area contributed by atoms with E-state index in [1.54, 1.807) is 13.2 Å². The summed E-state index contributed by atoms with van der Waals surface area (Å²) in [5.41, 5.74) is 6.26. The van der Waals surface area contributed by atoms with Gasteiger partial charge in [-0.25, -0.2) is 0 Å². The fraction of sp³-hybridized carbons (Fsp3) is 0.600. The molecule has 1 atom stereocenters. The van der Waals surface area contributed by atoms with Crippen LogP contribution in [0.4, 0.5) is 5.69 Å². The maximum Gasteiger partial charge on any atom is 0.274 e. The third-order valence-corrected chi connectivity index (χ3v) is 2.45. The Labute approximate surface area is 98.9 Å². The van der Waals surface area contributed by atoms with Crippen LogP contribution in [0.5, 0.6) is 0 Å². The summed E-state index contributed by atoms with van der Waals surface area (Å²) < 4.78 is 12.1. The number of nitrogen functional groups attached to an aromatic ring is 1. The maximum absolute atomic E-state index is 11.8. The third-order valence-electron chi connectivity index (χ3n) is 2.45. The van der Waals surface area contributed by atoms with Gasteiger partial charge in [-0.1, -0.05) is 0 Å². The summed E-state index contributed by atoms with van der Waals surface area (Å²) in [4.78, 5) is 11.8. The number of anilines is 1. The van der Waals surface area contributed by atoms with Gasteiger partial charge in [0.05, 0.1) is 31.6 Å². The largest absolute Gasteiger partial charge is 0.396 e. The van der Waals surface area contributed by atoms with E-state index in [1.807, 2.05) is 0 Å². The minimum atomic E-state index is -0.294. The number of nitrogens with two attached hydrogens (primary N) is 1. The summed E-state index contributed by atoms with van der Waals surface area (Å²) in [5, 5.41) is 6.70. The molecule has 94 valence electrons. The second kappa shape index (κ2) is 5.15. The molecule has 0 aliphatic carbocycles. The van der Waals surface area contributed by atoms with Crippen LogP contribution >= 0.6 is 0 Å². The Bertz CT molecular complexity index is 398. The number of hydrogen-bond acceptors (Lipinski definition) is 5. The second-order valence-electron chi connectivity index (χ2n) is 3.88. The lowest BCUT2D eigenvalue weighted by Crippen LogP contribution is -2.40. The number of ether oxygens (including phenoxy) is 2. The van der Waals surface area contributed by atoms with E-state index < -0.39 is 0 Å². The average Bonchev–Trinajstić information content (AvgIpc) is 2.67. The van der Waals surface area contributed by atoms with Gasteiger partial charge in [0.15, 0.2) is 5.69 Å². The van der Waals surface area contributed by atoms with Gasteiger partial charge >= 0.3 is 0 Å². The summed E-state index contributed by atoms with van der Waals surface area (Å²) in [7, 11) is 1.71.